The molecule has 4 nitrogen and oxygen atoms in total. The number of carbonyl (C=O) groups excluding carboxylic acids is 1. The van der Waals surface area contributed by atoms with Crippen LogP contribution in [0.15, 0.2) is 36.4 Å². The van der Waals surface area contributed by atoms with E-state index in [1.165, 1.54) is 31.6 Å². The van der Waals surface area contributed by atoms with E-state index in [1.54, 1.807) is 29.5 Å². The summed E-state index contributed by atoms with van der Waals surface area (Å²) in [6.07, 6.45) is 7.15. The van der Waals surface area contributed by atoms with Crippen molar-refractivity contribution in [1.82, 2.24) is 9.97 Å². The molecule has 1 aliphatic rings. The van der Waals surface area contributed by atoms with E-state index in [1.807, 2.05) is 6.07 Å². The number of ether oxygens (including phenoxy) is 1. The Hall–Kier alpha value is -2.60. The van der Waals surface area contributed by atoms with Gasteiger partial charge in [-0.1, -0.05) is 12.1 Å². The van der Waals surface area contributed by atoms with Crippen molar-refractivity contribution >= 4 is 33.1 Å². The van der Waals surface area contributed by atoms with Crippen LogP contribution in [0.1, 0.15) is 52.4 Å². The minimum absolute atomic E-state index is 0.244. The second-order valence-corrected chi connectivity index (χ2v) is 7.62. The zero-order valence-electron chi connectivity index (χ0n) is 15.0. The first-order valence-electron chi connectivity index (χ1n) is 8.96. The second kappa shape index (κ2) is 7.56. The molecule has 0 aliphatic heterocycles. The van der Waals surface area contributed by atoms with E-state index in [0.717, 1.165) is 33.6 Å². The molecule has 2 aromatic heterocycles. The normalized spacial score (nSPS) is 14.2. The number of pyridine rings is 1. The van der Waals surface area contributed by atoms with E-state index in [0.29, 0.717) is 12.1 Å². The Morgan fingerprint density at radius 2 is 2.15 bits per heavy atom. The van der Waals surface area contributed by atoms with Crippen molar-refractivity contribution in [2.75, 3.05) is 7.11 Å². The Bertz CT molecular complexity index is 1040. The lowest BCUT2D eigenvalue weighted by atomic mass is 10.0. The van der Waals surface area contributed by atoms with Gasteiger partial charge in [0.05, 0.1) is 17.3 Å². The number of rotatable bonds is 4. The Labute approximate surface area is 160 Å². The quantitative estimate of drug-likeness (QED) is 0.585. The minimum atomic E-state index is -0.485. The highest BCUT2D eigenvalue weighted by atomic mass is 32.1. The number of aromatic nitrogens is 2. The van der Waals surface area contributed by atoms with Crippen LogP contribution in [0.4, 0.5) is 4.39 Å². The number of esters is 1. The highest BCUT2D eigenvalue weighted by molar-refractivity contribution is 7.19. The largest absolute Gasteiger partial charge is 0.464 e. The Kier molecular flexibility index (Phi) is 4.99. The molecule has 0 bridgehead atoms. The molecular weight excluding hydrogens is 363 g/mol. The van der Waals surface area contributed by atoms with Gasteiger partial charge >= 0.3 is 5.97 Å². The van der Waals surface area contributed by atoms with Crippen LogP contribution >= 0.6 is 11.3 Å². The molecule has 0 saturated carbocycles. The molecule has 1 aliphatic carbocycles. The van der Waals surface area contributed by atoms with Crippen LogP contribution in [0, 0.1) is 5.82 Å². The van der Waals surface area contributed by atoms with Gasteiger partial charge in [-0.15, -0.1) is 11.3 Å². The molecular formula is C21H19FN2O2S. The Balaban J connectivity index is 1.72. The summed E-state index contributed by atoms with van der Waals surface area (Å²) in [5, 5.41) is 0.979. The molecule has 27 heavy (non-hydrogen) atoms. The molecule has 0 unspecified atom stereocenters. The number of hydrogen-bond donors (Lipinski definition) is 0. The van der Waals surface area contributed by atoms with Crippen LogP contribution in [0.5, 0.6) is 0 Å². The van der Waals surface area contributed by atoms with Crippen LogP contribution in [0.25, 0.3) is 15.8 Å². The SMILES string of the molecule is COC(=O)c1cccc(Cc2cc(F)cc3sc(C4=CCCCC4)nc23)n1. The summed E-state index contributed by atoms with van der Waals surface area (Å²) in [6.45, 7) is 0. The number of benzene rings is 1. The second-order valence-electron chi connectivity index (χ2n) is 6.59. The fraction of sp³-hybridized carbons (Fsp3) is 0.286. The van der Waals surface area contributed by atoms with Crippen molar-refractivity contribution in [3.63, 3.8) is 0 Å². The summed E-state index contributed by atoms with van der Waals surface area (Å²) < 4.78 is 19.7. The average molecular weight is 382 g/mol. The topological polar surface area (TPSA) is 52.1 Å². The minimum Gasteiger partial charge on any atom is -0.464 e. The maximum atomic E-state index is 14.2. The summed E-state index contributed by atoms with van der Waals surface area (Å²) >= 11 is 1.54. The molecule has 3 aromatic rings. The van der Waals surface area contributed by atoms with Gasteiger partial charge in [0.15, 0.2) is 0 Å². The van der Waals surface area contributed by atoms with E-state index in [9.17, 15) is 9.18 Å². The van der Waals surface area contributed by atoms with Gasteiger partial charge < -0.3 is 4.74 Å². The maximum absolute atomic E-state index is 14.2. The zero-order chi connectivity index (χ0) is 18.8. The fourth-order valence-corrected chi connectivity index (χ4v) is 4.46. The predicted molar refractivity (Wildman–Crippen MR) is 104 cm³/mol. The number of allylic oxidation sites excluding steroid dienone is 2. The zero-order valence-corrected chi connectivity index (χ0v) is 15.8. The lowest BCUT2D eigenvalue weighted by Crippen LogP contribution is -2.06. The number of nitrogens with zero attached hydrogens (tertiary/aromatic N) is 2. The number of hydrogen-bond acceptors (Lipinski definition) is 5. The third kappa shape index (κ3) is 3.76. The van der Waals surface area contributed by atoms with Gasteiger partial charge in [0.2, 0.25) is 0 Å². The van der Waals surface area contributed by atoms with E-state index in [-0.39, 0.29) is 11.5 Å². The van der Waals surface area contributed by atoms with Crippen molar-refractivity contribution in [3.8, 4) is 0 Å². The molecule has 0 N–H and O–H groups in total. The fourth-order valence-electron chi connectivity index (χ4n) is 3.36. The first kappa shape index (κ1) is 17.8. The number of methoxy groups -OCH3 is 1. The number of carbonyl (C=O) groups is 1. The van der Waals surface area contributed by atoms with Gasteiger partial charge in [-0.3, -0.25) is 0 Å². The van der Waals surface area contributed by atoms with Gasteiger partial charge in [-0.25, -0.2) is 19.2 Å². The van der Waals surface area contributed by atoms with Crippen molar-refractivity contribution in [2.24, 2.45) is 0 Å². The van der Waals surface area contributed by atoms with Gasteiger partial charge in [0.25, 0.3) is 0 Å². The van der Waals surface area contributed by atoms with Crippen molar-refractivity contribution in [1.29, 1.82) is 0 Å². The van der Waals surface area contributed by atoms with Crippen molar-refractivity contribution < 1.29 is 13.9 Å². The van der Waals surface area contributed by atoms with Crippen LogP contribution in [-0.4, -0.2) is 23.0 Å². The molecule has 0 spiro atoms. The molecule has 4 rings (SSSR count). The standard InChI is InChI=1S/C21H19FN2O2S/c1-26-21(25)17-9-5-8-16(23-17)11-14-10-15(22)12-18-19(14)24-20(27-18)13-6-3-2-4-7-13/h5-6,8-10,12H,2-4,7,11H2,1H3. The molecule has 2 heterocycles. The number of thiazole rings is 1. The lowest BCUT2D eigenvalue weighted by Gasteiger charge is -2.09. The summed E-state index contributed by atoms with van der Waals surface area (Å²) in [6, 6.07) is 8.23. The highest BCUT2D eigenvalue weighted by Gasteiger charge is 2.16. The van der Waals surface area contributed by atoms with E-state index in [4.69, 9.17) is 9.72 Å². The molecule has 1 aromatic carbocycles. The smallest absolute Gasteiger partial charge is 0.356 e. The molecule has 0 amide bonds. The van der Waals surface area contributed by atoms with Crippen molar-refractivity contribution in [2.45, 2.75) is 32.1 Å². The first-order valence-corrected chi connectivity index (χ1v) is 9.78. The molecule has 138 valence electrons. The van der Waals surface area contributed by atoms with Gasteiger partial charge in [0, 0.05) is 12.1 Å². The van der Waals surface area contributed by atoms with Gasteiger partial charge in [-0.2, -0.15) is 0 Å². The van der Waals surface area contributed by atoms with Crippen LogP contribution < -0.4 is 0 Å². The molecule has 0 saturated heterocycles. The summed E-state index contributed by atoms with van der Waals surface area (Å²) in [7, 11) is 1.32. The number of halogens is 1. The lowest BCUT2D eigenvalue weighted by molar-refractivity contribution is 0.0593. The van der Waals surface area contributed by atoms with E-state index >= 15 is 0 Å². The van der Waals surface area contributed by atoms with E-state index in [2.05, 4.69) is 11.1 Å². The van der Waals surface area contributed by atoms with Crippen LogP contribution in [0.3, 0.4) is 0 Å². The highest BCUT2D eigenvalue weighted by Crippen LogP contribution is 2.34. The Morgan fingerprint density at radius 1 is 1.26 bits per heavy atom. The summed E-state index contributed by atoms with van der Waals surface area (Å²) in [5.41, 5.74) is 3.77. The summed E-state index contributed by atoms with van der Waals surface area (Å²) in [4.78, 5) is 20.9. The Morgan fingerprint density at radius 3 is 2.93 bits per heavy atom. The molecule has 6 heteroatoms. The maximum Gasteiger partial charge on any atom is 0.356 e. The van der Waals surface area contributed by atoms with Crippen LogP contribution in [0.2, 0.25) is 0 Å². The molecule has 0 atom stereocenters. The average Bonchev–Trinajstić information content (AvgIpc) is 3.12. The van der Waals surface area contributed by atoms with Crippen LogP contribution in [-0.2, 0) is 11.2 Å². The predicted octanol–water partition coefficient (Wildman–Crippen LogP) is 5.17. The van der Waals surface area contributed by atoms with E-state index < -0.39 is 5.97 Å². The van der Waals surface area contributed by atoms with Crippen molar-refractivity contribution in [3.05, 3.63) is 64.2 Å². The third-order valence-electron chi connectivity index (χ3n) is 4.68. The van der Waals surface area contributed by atoms with Gasteiger partial charge in [-0.05, 0) is 61.1 Å². The third-order valence-corrected chi connectivity index (χ3v) is 5.76. The molecule has 0 fully saturated rings. The number of fused-ring (bicyclic) bond motifs is 1. The van der Waals surface area contributed by atoms with Gasteiger partial charge in [0.1, 0.15) is 16.5 Å². The summed E-state index contributed by atoms with van der Waals surface area (Å²) in [5.74, 6) is -0.768. The monoisotopic (exact) mass is 382 g/mol. The first-order chi connectivity index (χ1) is 13.1. The molecule has 0 radical (unpaired) electrons.